The van der Waals surface area contributed by atoms with E-state index in [1.54, 1.807) is 0 Å². The average molecular weight is 441 g/mol. The van der Waals surface area contributed by atoms with Crippen molar-refractivity contribution in [2.75, 3.05) is 0 Å². The Morgan fingerprint density at radius 3 is 0.875 bits per heavy atom. The van der Waals surface area contributed by atoms with Crippen LogP contribution in [0.15, 0.2) is 0 Å². The van der Waals surface area contributed by atoms with E-state index in [9.17, 15) is 0 Å². The van der Waals surface area contributed by atoms with E-state index in [1.807, 2.05) is 0 Å². The number of fused-ring (bicyclic) bond motifs is 6. The molecule has 12 heteroatoms. The minimum atomic E-state index is -0.0783. The van der Waals surface area contributed by atoms with Crippen LogP contribution in [0.2, 0.25) is 31.3 Å². The van der Waals surface area contributed by atoms with Crippen molar-refractivity contribution in [1.29, 1.82) is 0 Å². The fourth-order valence-electron chi connectivity index (χ4n) is 2.40. The van der Waals surface area contributed by atoms with Crippen molar-refractivity contribution in [2.24, 2.45) is 0 Å². The van der Waals surface area contributed by atoms with Crippen molar-refractivity contribution >= 4 is 102 Å². The van der Waals surface area contributed by atoms with E-state index in [0.717, 1.165) is 0 Å². The molecule has 0 N–H and O–H groups in total. The van der Waals surface area contributed by atoms with Crippen molar-refractivity contribution in [1.82, 2.24) is 29.9 Å². The summed E-state index contributed by atoms with van der Waals surface area (Å²) >= 11 is 36.5. The molecule has 0 atom stereocenters. The molecule has 4 rings (SSSR count). The van der Waals surface area contributed by atoms with Crippen LogP contribution in [-0.2, 0) is 0 Å². The summed E-state index contributed by atoms with van der Waals surface area (Å²) in [6, 6.07) is 0. The Morgan fingerprint density at radius 2 is 0.625 bits per heavy atom. The lowest BCUT2D eigenvalue weighted by atomic mass is 10.1. The number of hydrogen-bond donors (Lipinski definition) is 0. The predicted molar refractivity (Wildman–Crippen MR) is 95.8 cm³/mol. The van der Waals surface area contributed by atoms with Crippen LogP contribution >= 0.6 is 69.6 Å². The van der Waals surface area contributed by atoms with E-state index in [-0.39, 0.29) is 31.3 Å². The highest BCUT2D eigenvalue weighted by atomic mass is 35.5. The number of rotatable bonds is 0. The van der Waals surface area contributed by atoms with E-state index < -0.39 is 0 Å². The second-order valence-corrected chi connectivity index (χ2v) is 6.61. The summed E-state index contributed by atoms with van der Waals surface area (Å²) in [5.41, 5.74) is 0.903. The number of benzene rings is 1. The first-order chi connectivity index (χ1) is 11.4. The van der Waals surface area contributed by atoms with E-state index in [4.69, 9.17) is 69.6 Å². The highest BCUT2D eigenvalue weighted by molar-refractivity contribution is 6.46. The molecule has 0 spiro atoms. The van der Waals surface area contributed by atoms with Crippen molar-refractivity contribution in [3.05, 3.63) is 31.3 Å². The molecule has 0 saturated carbocycles. The fourth-order valence-corrected chi connectivity index (χ4v) is 3.81. The van der Waals surface area contributed by atoms with E-state index in [2.05, 4.69) is 29.9 Å². The van der Waals surface area contributed by atoms with Gasteiger partial charge in [-0.1, -0.05) is 34.8 Å². The molecule has 3 heterocycles. The summed E-state index contributed by atoms with van der Waals surface area (Å²) in [6.45, 7) is 0. The molecule has 0 unspecified atom stereocenters. The standard InChI is InChI=1S/C12Cl6N6/c13-7-1-4(19-10(16)22-7)2-6(21-12(18)24-9(2)15)3-5(1)20-11(17)23-8(3)14. The first-order valence-electron chi connectivity index (χ1n) is 6.07. The van der Waals surface area contributed by atoms with Crippen LogP contribution in [0.3, 0.4) is 0 Å². The Bertz CT molecular complexity index is 1000. The summed E-state index contributed by atoms with van der Waals surface area (Å²) in [4.78, 5) is 24.3. The molecule has 6 nitrogen and oxygen atoms in total. The minimum Gasteiger partial charge on any atom is -0.217 e. The molecule has 0 fully saturated rings. The summed E-state index contributed by atoms with van der Waals surface area (Å²) in [7, 11) is 0. The topological polar surface area (TPSA) is 77.3 Å². The lowest BCUT2D eigenvalue weighted by Gasteiger charge is -2.11. The predicted octanol–water partition coefficient (Wildman–Crippen LogP) is 5.44. The van der Waals surface area contributed by atoms with Crippen LogP contribution in [0.4, 0.5) is 0 Å². The Labute approximate surface area is 163 Å². The average Bonchev–Trinajstić information content (AvgIpc) is 2.44. The van der Waals surface area contributed by atoms with E-state index in [0.29, 0.717) is 32.7 Å². The zero-order valence-corrected chi connectivity index (χ0v) is 15.5. The van der Waals surface area contributed by atoms with Gasteiger partial charge in [0.15, 0.2) is 0 Å². The van der Waals surface area contributed by atoms with Crippen LogP contribution in [-0.4, -0.2) is 29.9 Å². The first kappa shape index (κ1) is 16.4. The van der Waals surface area contributed by atoms with Gasteiger partial charge in [0.05, 0.1) is 32.7 Å². The fraction of sp³-hybridized carbons (Fsp3) is 0. The maximum Gasteiger partial charge on any atom is 0.224 e. The zero-order chi connectivity index (χ0) is 17.2. The Balaban J connectivity index is 2.49. The maximum absolute atomic E-state index is 6.24. The van der Waals surface area contributed by atoms with Gasteiger partial charge in [-0.3, -0.25) is 0 Å². The summed E-state index contributed by atoms with van der Waals surface area (Å²) in [5.74, 6) is 0. The van der Waals surface area contributed by atoms with Crippen molar-refractivity contribution in [3.63, 3.8) is 0 Å². The molecule has 24 heavy (non-hydrogen) atoms. The molecule has 0 radical (unpaired) electrons. The molecule has 4 aromatic rings. The van der Waals surface area contributed by atoms with Gasteiger partial charge in [-0.25, -0.2) is 29.9 Å². The van der Waals surface area contributed by atoms with Crippen LogP contribution in [0.1, 0.15) is 0 Å². The second kappa shape index (κ2) is 5.76. The van der Waals surface area contributed by atoms with Crippen LogP contribution < -0.4 is 0 Å². The molecule has 0 aliphatic heterocycles. The van der Waals surface area contributed by atoms with Gasteiger partial charge in [0, 0.05) is 0 Å². The lowest BCUT2D eigenvalue weighted by molar-refractivity contribution is 1.19. The smallest absolute Gasteiger partial charge is 0.217 e. The summed E-state index contributed by atoms with van der Waals surface area (Å²) in [5, 5.41) is 0.963. The van der Waals surface area contributed by atoms with Crippen molar-refractivity contribution < 1.29 is 0 Å². The summed E-state index contributed by atoms with van der Waals surface area (Å²) < 4.78 is 0. The number of hydrogen-bond acceptors (Lipinski definition) is 6. The maximum atomic E-state index is 6.24. The molecule has 120 valence electrons. The zero-order valence-electron chi connectivity index (χ0n) is 11.0. The SMILES string of the molecule is Clc1nc(Cl)c2c(n1)c1c(Cl)nc(Cl)nc1c1c(Cl)nc(Cl)nc21. The molecule has 0 bridgehead atoms. The third kappa shape index (κ3) is 2.41. The molecule has 0 aliphatic rings. The van der Waals surface area contributed by atoms with E-state index >= 15 is 0 Å². The number of aromatic nitrogens is 6. The largest absolute Gasteiger partial charge is 0.224 e. The highest BCUT2D eigenvalue weighted by Gasteiger charge is 2.22. The third-order valence-corrected chi connectivity index (χ3v) is 4.55. The van der Waals surface area contributed by atoms with E-state index in [1.165, 1.54) is 0 Å². The van der Waals surface area contributed by atoms with Crippen molar-refractivity contribution in [2.45, 2.75) is 0 Å². The van der Waals surface area contributed by atoms with Gasteiger partial charge in [-0.15, -0.1) is 0 Å². The number of halogens is 6. The normalized spacial score (nSPS) is 11.8. The minimum absolute atomic E-state index is 0.0498. The summed E-state index contributed by atoms with van der Waals surface area (Å²) in [6.07, 6.45) is 0. The molecular formula is C12Cl6N6. The second-order valence-electron chi connectivity index (χ2n) is 4.52. The van der Waals surface area contributed by atoms with Gasteiger partial charge in [0.25, 0.3) is 0 Å². The monoisotopic (exact) mass is 438 g/mol. The molecule has 1 aromatic carbocycles. The van der Waals surface area contributed by atoms with Gasteiger partial charge in [0.1, 0.15) is 15.5 Å². The quantitative estimate of drug-likeness (QED) is 0.206. The molecule has 3 aromatic heterocycles. The molecule has 0 aliphatic carbocycles. The molecular weight excluding hydrogens is 441 g/mol. The van der Waals surface area contributed by atoms with Crippen LogP contribution in [0, 0.1) is 0 Å². The molecule has 0 saturated heterocycles. The van der Waals surface area contributed by atoms with Gasteiger partial charge >= 0.3 is 0 Å². The highest BCUT2D eigenvalue weighted by Crippen LogP contribution is 2.40. The Morgan fingerprint density at radius 1 is 0.375 bits per heavy atom. The third-order valence-electron chi connectivity index (χ3n) is 3.22. The first-order valence-corrected chi connectivity index (χ1v) is 8.33. The number of nitrogens with zero attached hydrogens (tertiary/aromatic N) is 6. The van der Waals surface area contributed by atoms with Crippen LogP contribution in [0.25, 0.3) is 32.7 Å². The van der Waals surface area contributed by atoms with Gasteiger partial charge in [-0.05, 0) is 34.8 Å². The van der Waals surface area contributed by atoms with Gasteiger partial charge < -0.3 is 0 Å². The van der Waals surface area contributed by atoms with Crippen LogP contribution in [0.5, 0.6) is 0 Å². The molecule has 0 amide bonds. The Hall–Kier alpha value is -1.02. The van der Waals surface area contributed by atoms with Gasteiger partial charge in [-0.2, -0.15) is 0 Å². The van der Waals surface area contributed by atoms with Crippen molar-refractivity contribution in [3.8, 4) is 0 Å². The lowest BCUT2D eigenvalue weighted by Crippen LogP contribution is -1.98. The van der Waals surface area contributed by atoms with Gasteiger partial charge in [0.2, 0.25) is 15.9 Å². The Kier molecular flexibility index (Phi) is 3.95.